The zero-order valence-electron chi connectivity index (χ0n) is 8.42. The van der Waals surface area contributed by atoms with Gasteiger partial charge in [0.1, 0.15) is 0 Å². The summed E-state index contributed by atoms with van der Waals surface area (Å²) >= 11 is 0. The first-order valence-corrected chi connectivity index (χ1v) is 5.16. The summed E-state index contributed by atoms with van der Waals surface area (Å²) in [5.41, 5.74) is 0.896. The number of rotatable bonds is 1. The highest BCUT2D eigenvalue weighted by atomic mass is 16.2. The van der Waals surface area contributed by atoms with Crippen molar-refractivity contribution >= 4 is 5.91 Å². The van der Waals surface area contributed by atoms with Crippen LogP contribution in [0.1, 0.15) is 33.1 Å². The zero-order valence-corrected chi connectivity index (χ0v) is 8.42. The summed E-state index contributed by atoms with van der Waals surface area (Å²) in [6.45, 7) is 4.85. The smallest absolute Gasteiger partial charge is 0.249 e. The van der Waals surface area contributed by atoms with Crippen LogP contribution < -0.4 is 0 Å². The van der Waals surface area contributed by atoms with Gasteiger partial charge in [-0.2, -0.15) is 0 Å². The van der Waals surface area contributed by atoms with Crippen molar-refractivity contribution in [1.29, 1.82) is 0 Å². The molecular formula is C11H17NO. The van der Waals surface area contributed by atoms with Crippen LogP contribution >= 0.6 is 0 Å². The predicted octanol–water partition coefficient (Wildman–Crippen LogP) is 1.96. The molecule has 0 spiro atoms. The van der Waals surface area contributed by atoms with Crippen LogP contribution in [0.15, 0.2) is 11.6 Å². The number of fused-ring (bicyclic) bond motifs is 2. The Morgan fingerprint density at radius 3 is 2.69 bits per heavy atom. The lowest BCUT2D eigenvalue weighted by Crippen LogP contribution is -2.38. The van der Waals surface area contributed by atoms with E-state index in [9.17, 15) is 4.79 Å². The first-order chi connectivity index (χ1) is 6.22. The minimum Gasteiger partial charge on any atom is -0.336 e. The molecule has 2 rings (SSSR count). The van der Waals surface area contributed by atoms with Crippen molar-refractivity contribution < 1.29 is 4.79 Å². The van der Waals surface area contributed by atoms with Crippen LogP contribution in [-0.4, -0.2) is 23.4 Å². The van der Waals surface area contributed by atoms with E-state index in [1.54, 1.807) is 0 Å². The van der Waals surface area contributed by atoms with Crippen LogP contribution in [0.4, 0.5) is 0 Å². The Kier molecular flexibility index (Phi) is 2.14. The van der Waals surface area contributed by atoms with Crippen LogP contribution in [-0.2, 0) is 4.79 Å². The van der Waals surface area contributed by atoms with Gasteiger partial charge in [-0.15, -0.1) is 0 Å². The number of hydrogen-bond donors (Lipinski definition) is 0. The van der Waals surface area contributed by atoms with Gasteiger partial charge in [0.25, 0.3) is 0 Å². The van der Waals surface area contributed by atoms with Crippen molar-refractivity contribution in [3.63, 3.8) is 0 Å². The van der Waals surface area contributed by atoms with Crippen molar-refractivity contribution in [2.45, 2.75) is 39.2 Å². The molecule has 1 saturated carbocycles. The molecule has 2 unspecified atom stereocenters. The van der Waals surface area contributed by atoms with Crippen LogP contribution in [0, 0.1) is 5.92 Å². The van der Waals surface area contributed by atoms with Crippen LogP contribution in [0.3, 0.4) is 0 Å². The maximum absolute atomic E-state index is 11.8. The molecule has 1 heterocycles. The molecule has 2 heteroatoms. The van der Waals surface area contributed by atoms with Gasteiger partial charge in [0.15, 0.2) is 0 Å². The molecule has 2 nitrogen and oxygen atoms in total. The molecule has 2 atom stereocenters. The van der Waals surface area contributed by atoms with Crippen molar-refractivity contribution in [1.82, 2.24) is 4.90 Å². The molecule has 0 N–H and O–H groups in total. The largest absolute Gasteiger partial charge is 0.336 e. The molecule has 0 aromatic heterocycles. The maximum atomic E-state index is 11.8. The Labute approximate surface area is 79.6 Å². The standard InChI is InChI=1S/C11H17NO/c1-3-8(2)11(13)12-7-9-4-5-10(12)6-9/h3,9-10H,4-7H2,1-2H3/b8-3-. The second kappa shape index (κ2) is 3.17. The molecule has 1 saturated heterocycles. The van der Waals surface area contributed by atoms with Gasteiger partial charge in [0.05, 0.1) is 0 Å². The highest BCUT2D eigenvalue weighted by Gasteiger charge is 2.40. The lowest BCUT2D eigenvalue weighted by atomic mass is 10.1. The summed E-state index contributed by atoms with van der Waals surface area (Å²) in [5.74, 6) is 1.06. The highest BCUT2D eigenvalue weighted by molar-refractivity contribution is 5.93. The molecule has 1 aliphatic heterocycles. The third-order valence-electron chi connectivity index (χ3n) is 3.44. The SMILES string of the molecule is C/C=C(/C)C(=O)N1CC2CCC1C2. The number of carbonyl (C=O) groups excluding carboxylic acids is 1. The Morgan fingerprint density at radius 2 is 2.23 bits per heavy atom. The van der Waals surface area contributed by atoms with Crippen molar-refractivity contribution in [3.05, 3.63) is 11.6 Å². The van der Waals surface area contributed by atoms with E-state index in [0.29, 0.717) is 6.04 Å². The average molecular weight is 179 g/mol. The van der Waals surface area contributed by atoms with Gasteiger partial charge in [0, 0.05) is 18.2 Å². The fourth-order valence-electron chi connectivity index (χ4n) is 2.52. The minimum atomic E-state index is 0.259. The Hall–Kier alpha value is -0.790. The van der Waals surface area contributed by atoms with Crippen LogP contribution in [0.5, 0.6) is 0 Å². The van der Waals surface area contributed by atoms with Crippen molar-refractivity contribution in [2.75, 3.05) is 6.54 Å². The molecular weight excluding hydrogens is 162 g/mol. The number of allylic oxidation sites excluding steroid dienone is 1. The van der Waals surface area contributed by atoms with Crippen LogP contribution in [0.25, 0.3) is 0 Å². The van der Waals surface area contributed by atoms with E-state index in [0.717, 1.165) is 18.0 Å². The molecule has 1 aliphatic carbocycles. The topological polar surface area (TPSA) is 20.3 Å². The molecule has 13 heavy (non-hydrogen) atoms. The summed E-state index contributed by atoms with van der Waals surface area (Å²) in [7, 11) is 0. The van der Waals surface area contributed by atoms with Gasteiger partial charge >= 0.3 is 0 Å². The van der Waals surface area contributed by atoms with Crippen LogP contribution in [0.2, 0.25) is 0 Å². The predicted molar refractivity (Wildman–Crippen MR) is 52.3 cm³/mol. The number of likely N-dealkylation sites (tertiary alicyclic amines) is 1. The van der Waals surface area contributed by atoms with Gasteiger partial charge in [-0.25, -0.2) is 0 Å². The zero-order chi connectivity index (χ0) is 9.42. The van der Waals surface area contributed by atoms with E-state index in [-0.39, 0.29) is 5.91 Å². The maximum Gasteiger partial charge on any atom is 0.249 e. The number of carbonyl (C=O) groups is 1. The fraction of sp³-hybridized carbons (Fsp3) is 0.727. The lowest BCUT2D eigenvalue weighted by molar-refractivity contribution is -0.128. The van der Waals surface area contributed by atoms with E-state index < -0.39 is 0 Å². The summed E-state index contributed by atoms with van der Waals surface area (Å²) in [4.78, 5) is 13.9. The summed E-state index contributed by atoms with van der Waals surface area (Å²) < 4.78 is 0. The number of amides is 1. The normalized spacial score (nSPS) is 32.8. The van der Waals surface area contributed by atoms with E-state index in [2.05, 4.69) is 4.90 Å². The Balaban J connectivity index is 2.07. The second-order valence-electron chi connectivity index (χ2n) is 4.26. The summed E-state index contributed by atoms with van der Waals surface area (Å²) in [6, 6.07) is 0.562. The molecule has 0 radical (unpaired) electrons. The van der Waals surface area contributed by atoms with Gasteiger partial charge in [-0.05, 0) is 39.0 Å². The Morgan fingerprint density at radius 1 is 1.46 bits per heavy atom. The number of hydrogen-bond acceptors (Lipinski definition) is 1. The number of piperidine rings is 1. The van der Waals surface area contributed by atoms with Gasteiger partial charge in [0.2, 0.25) is 5.91 Å². The van der Waals surface area contributed by atoms with Crippen molar-refractivity contribution in [2.24, 2.45) is 5.92 Å². The van der Waals surface area contributed by atoms with E-state index >= 15 is 0 Å². The van der Waals surface area contributed by atoms with E-state index in [4.69, 9.17) is 0 Å². The minimum absolute atomic E-state index is 0.259. The monoisotopic (exact) mass is 179 g/mol. The Bertz CT molecular complexity index is 257. The molecule has 1 amide bonds. The third-order valence-corrected chi connectivity index (χ3v) is 3.44. The molecule has 0 aromatic carbocycles. The summed E-state index contributed by atoms with van der Waals surface area (Å²) in [5, 5.41) is 0. The average Bonchev–Trinajstić information content (AvgIpc) is 2.76. The quantitative estimate of drug-likeness (QED) is 0.563. The fourth-order valence-corrected chi connectivity index (χ4v) is 2.52. The number of nitrogens with zero attached hydrogens (tertiary/aromatic N) is 1. The molecule has 0 aromatic rings. The van der Waals surface area contributed by atoms with E-state index in [1.165, 1.54) is 19.3 Å². The molecule has 2 aliphatic rings. The summed E-state index contributed by atoms with van der Waals surface area (Å²) in [6.07, 6.45) is 5.73. The van der Waals surface area contributed by atoms with E-state index in [1.807, 2.05) is 19.9 Å². The second-order valence-corrected chi connectivity index (χ2v) is 4.26. The van der Waals surface area contributed by atoms with Gasteiger partial charge in [-0.1, -0.05) is 6.08 Å². The third kappa shape index (κ3) is 1.38. The van der Waals surface area contributed by atoms with Gasteiger partial charge in [-0.3, -0.25) is 4.79 Å². The lowest BCUT2D eigenvalue weighted by Gasteiger charge is -2.27. The molecule has 72 valence electrons. The van der Waals surface area contributed by atoms with Gasteiger partial charge < -0.3 is 4.90 Å². The molecule has 2 bridgehead atoms. The van der Waals surface area contributed by atoms with Crippen molar-refractivity contribution in [3.8, 4) is 0 Å². The first kappa shape index (κ1) is 8.79. The highest BCUT2D eigenvalue weighted by Crippen LogP contribution is 2.37. The first-order valence-electron chi connectivity index (χ1n) is 5.16. The molecule has 2 fully saturated rings.